The molecule has 0 aliphatic carbocycles. The third kappa shape index (κ3) is 2.27. The number of nitrogens with zero attached hydrogens (tertiary/aromatic N) is 1. The second-order valence-corrected chi connectivity index (χ2v) is 2.53. The highest BCUT2D eigenvalue weighted by molar-refractivity contribution is 5.18. The minimum absolute atomic E-state index is 0.178. The molecule has 1 aromatic heterocycles. The number of aliphatic hydroxyl groups is 1. The molecule has 6 heteroatoms. The molecule has 1 atom stereocenters. The summed E-state index contributed by atoms with van der Waals surface area (Å²) < 4.78 is 4.75. The van der Waals surface area contributed by atoms with E-state index in [1.54, 1.807) is 0 Å². The average Bonchev–Trinajstić information content (AvgIpc) is 2.52. The van der Waals surface area contributed by atoms with Crippen LogP contribution in [-0.2, 0) is 0 Å². The molecule has 1 heterocycles. The van der Waals surface area contributed by atoms with Crippen molar-refractivity contribution < 1.29 is 14.4 Å². The molecule has 0 bridgehead atoms. The minimum atomic E-state index is -0.862. The number of aliphatic hydroxyl groups excluding tert-OH is 1. The van der Waals surface area contributed by atoms with E-state index in [2.05, 4.69) is 0 Å². The first-order valence-corrected chi connectivity index (χ1v) is 3.77. The first-order chi connectivity index (χ1) is 6.15. The van der Waals surface area contributed by atoms with Crippen molar-refractivity contribution in [3.8, 4) is 0 Å². The lowest BCUT2D eigenvalue weighted by Crippen LogP contribution is -2.05. The van der Waals surface area contributed by atoms with Crippen molar-refractivity contribution in [1.29, 1.82) is 0 Å². The molecule has 0 fully saturated rings. The zero-order valence-electron chi connectivity index (χ0n) is 6.84. The van der Waals surface area contributed by atoms with Gasteiger partial charge in [-0.2, -0.15) is 0 Å². The van der Waals surface area contributed by atoms with Gasteiger partial charge in [-0.25, -0.2) is 0 Å². The lowest BCUT2D eigenvalue weighted by molar-refractivity contribution is -0.402. The van der Waals surface area contributed by atoms with Gasteiger partial charge in [0.15, 0.2) is 0 Å². The van der Waals surface area contributed by atoms with Crippen LogP contribution in [0.2, 0.25) is 0 Å². The van der Waals surface area contributed by atoms with E-state index >= 15 is 0 Å². The van der Waals surface area contributed by atoms with Gasteiger partial charge in [-0.05, 0) is 19.0 Å². The predicted octanol–water partition coefficient (Wildman–Crippen LogP) is 0.570. The van der Waals surface area contributed by atoms with E-state index in [1.165, 1.54) is 12.1 Å². The molecule has 0 aromatic carbocycles. The summed E-state index contributed by atoms with van der Waals surface area (Å²) in [6.07, 6.45) is -0.538. The maximum Gasteiger partial charge on any atom is 0.433 e. The Morgan fingerprint density at radius 2 is 2.38 bits per heavy atom. The summed E-state index contributed by atoms with van der Waals surface area (Å²) in [6.45, 7) is 0.301. The van der Waals surface area contributed by atoms with Crippen molar-refractivity contribution in [1.82, 2.24) is 0 Å². The lowest BCUT2D eigenvalue weighted by atomic mass is 10.2. The van der Waals surface area contributed by atoms with Gasteiger partial charge in [0, 0.05) is 0 Å². The van der Waals surface area contributed by atoms with Crippen LogP contribution in [0.5, 0.6) is 0 Å². The van der Waals surface area contributed by atoms with Crippen molar-refractivity contribution in [2.45, 2.75) is 12.5 Å². The van der Waals surface area contributed by atoms with Crippen LogP contribution in [0.15, 0.2) is 16.5 Å². The van der Waals surface area contributed by atoms with E-state index in [1.807, 2.05) is 0 Å². The van der Waals surface area contributed by atoms with Crippen LogP contribution in [0.25, 0.3) is 0 Å². The Kier molecular flexibility index (Phi) is 2.99. The fourth-order valence-electron chi connectivity index (χ4n) is 0.920. The Morgan fingerprint density at radius 3 is 2.85 bits per heavy atom. The van der Waals surface area contributed by atoms with Gasteiger partial charge < -0.3 is 15.3 Å². The maximum absolute atomic E-state index is 10.2. The van der Waals surface area contributed by atoms with Crippen LogP contribution in [0.4, 0.5) is 5.88 Å². The summed E-state index contributed by atoms with van der Waals surface area (Å²) >= 11 is 0. The van der Waals surface area contributed by atoms with E-state index in [0.717, 1.165) is 0 Å². The van der Waals surface area contributed by atoms with Crippen LogP contribution in [0, 0.1) is 10.1 Å². The Morgan fingerprint density at radius 1 is 1.69 bits per heavy atom. The van der Waals surface area contributed by atoms with Crippen molar-refractivity contribution in [3.63, 3.8) is 0 Å². The Hall–Kier alpha value is -1.40. The Bertz CT molecular complexity index is 296. The largest absolute Gasteiger partial charge is 0.433 e. The topological polar surface area (TPSA) is 103 Å². The molecule has 3 N–H and O–H groups in total. The molecule has 0 saturated carbocycles. The molecule has 0 spiro atoms. The van der Waals surface area contributed by atoms with E-state index in [-0.39, 0.29) is 11.6 Å². The summed E-state index contributed by atoms with van der Waals surface area (Å²) in [4.78, 5) is 9.55. The molecule has 0 aliphatic heterocycles. The monoisotopic (exact) mass is 186 g/mol. The molecule has 6 nitrogen and oxygen atoms in total. The number of nitro groups is 1. The second kappa shape index (κ2) is 4.01. The number of nitrogens with two attached hydrogens (primary N) is 1. The fourth-order valence-corrected chi connectivity index (χ4v) is 0.920. The standard InChI is InChI=1S/C7H10N2O4/c8-4-3-5(10)6-1-2-7(13-6)9(11)12/h1-2,5,10H,3-4,8H2/t5-/m1/s1. The Labute approximate surface area is 74.1 Å². The van der Waals surface area contributed by atoms with E-state index < -0.39 is 11.0 Å². The van der Waals surface area contributed by atoms with Crippen molar-refractivity contribution in [3.05, 3.63) is 28.0 Å². The molecule has 0 saturated heterocycles. The minimum Gasteiger partial charge on any atom is -0.403 e. The van der Waals surface area contributed by atoms with Crippen LogP contribution < -0.4 is 5.73 Å². The van der Waals surface area contributed by atoms with Gasteiger partial charge in [-0.3, -0.25) is 10.1 Å². The van der Waals surface area contributed by atoms with E-state index in [9.17, 15) is 15.2 Å². The summed E-state index contributed by atoms with van der Waals surface area (Å²) in [6, 6.07) is 2.58. The quantitative estimate of drug-likeness (QED) is 0.528. The molecular weight excluding hydrogens is 176 g/mol. The van der Waals surface area contributed by atoms with Gasteiger partial charge in [0.05, 0.1) is 6.07 Å². The lowest BCUT2D eigenvalue weighted by Gasteiger charge is -2.03. The third-order valence-corrected chi connectivity index (χ3v) is 1.56. The molecule has 0 aliphatic rings. The zero-order chi connectivity index (χ0) is 9.84. The van der Waals surface area contributed by atoms with Gasteiger partial charge in [0.2, 0.25) is 0 Å². The van der Waals surface area contributed by atoms with Crippen LogP contribution in [0.1, 0.15) is 18.3 Å². The molecule has 1 aromatic rings. The van der Waals surface area contributed by atoms with Gasteiger partial charge >= 0.3 is 5.88 Å². The first-order valence-electron chi connectivity index (χ1n) is 3.77. The van der Waals surface area contributed by atoms with E-state index in [0.29, 0.717) is 13.0 Å². The molecule has 0 radical (unpaired) electrons. The van der Waals surface area contributed by atoms with Crippen LogP contribution in [-0.4, -0.2) is 16.6 Å². The number of rotatable bonds is 4. The van der Waals surface area contributed by atoms with Gasteiger partial charge in [-0.15, -0.1) is 0 Å². The molecule has 72 valence electrons. The maximum atomic E-state index is 10.2. The summed E-state index contributed by atoms with van der Waals surface area (Å²) in [7, 11) is 0. The van der Waals surface area contributed by atoms with Crippen molar-refractivity contribution in [2.24, 2.45) is 5.73 Å². The van der Waals surface area contributed by atoms with Gasteiger partial charge in [-0.1, -0.05) is 0 Å². The summed E-state index contributed by atoms with van der Waals surface area (Å²) in [5, 5.41) is 19.5. The van der Waals surface area contributed by atoms with Crippen LogP contribution in [0.3, 0.4) is 0 Å². The third-order valence-electron chi connectivity index (χ3n) is 1.56. The summed E-state index contributed by atoms with van der Waals surface area (Å²) in [5.41, 5.74) is 5.20. The first kappa shape index (κ1) is 9.69. The SMILES string of the molecule is NCC[C@@H](O)c1ccc([N+](=O)[O-])o1. The molecule has 0 amide bonds. The van der Waals surface area contributed by atoms with Gasteiger partial charge in [0.1, 0.15) is 16.8 Å². The number of furan rings is 1. The molecule has 0 unspecified atom stereocenters. The second-order valence-electron chi connectivity index (χ2n) is 2.53. The Balaban J connectivity index is 2.73. The predicted molar refractivity (Wildman–Crippen MR) is 44.0 cm³/mol. The zero-order valence-corrected chi connectivity index (χ0v) is 6.84. The highest BCUT2D eigenvalue weighted by Crippen LogP contribution is 2.22. The highest BCUT2D eigenvalue weighted by atomic mass is 16.6. The molecule has 1 rings (SSSR count). The number of hydrogen-bond acceptors (Lipinski definition) is 5. The smallest absolute Gasteiger partial charge is 0.403 e. The van der Waals surface area contributed by atoms with Crippen molar-refractivity contribution in [2.75, 3.05) is 6.54 Å². The highest BCUT2D eigenvalue weighted by Gasteiger charge is 2.16. The van der Waals surface area contributed by atoms with Gasteiger partial charge in [0.25, 0.3) is 0 Å². The number of hydrogen-bond donors (Lipinski definition) is 2. The van der Waals surface area contributed by atoms with E-state index in [4.69, 9.17) is 10.2 Å². The molecule has 13 heavy (non-hydrogen) atoms. The fraction of sp³-hybridized carbons (Fsp3) is 0.429. The average molecular weight is 186 g/mol. The molecular formula is C7H10N2O4. The van der Waals surface area contributed by atoms with Crippen molar-refractivity contribution >= 4 is 5.88 Å². The normalized spacial score (nSPS) is 12.8. The summed E-state index contributed by atoms with van der Waals surface area (Å²) in [5.74, 6) is -0.191. The van der Waals surface area contributed by atoms with Crippen LogP contribution >= 0.6 is 0 Å².